The van der Waals surface area contributed by atoms with Crippen molar-refractivity contribution >= 4 is 5.69 Å². The fourth-order valence-electron chi connectivity index (χ4n) is 1.73. The monoisotopic (exact) mass is 290 g/mol. The Morgan fingerprint density at radius 3 is 2.57 bits per heavy atom. The molecule has 2 rings (SSSR count). The summed E-state index contributed by atoms with van der Waals surface area (Å²) in [5.74, 6) is -1.33. The fraction of sp³-hybridized carbons (Fsp3) is 0.133. The molecule has 21 heavy (non-hydrogen) atoms. The fourth-order valence-corrected chi connectivity index (χ4v) is 1.73. The molecule has 2 aromatic carbocycles. The lowest BCUT2D eigenvalue weighted by Gasteiger charge is -2.10. The molecule has 0 aromatic heterocycles. The van der Waals surface area contributed by atoms with Gasteiger partial charge in [0.1, 0.15) is 24.2 Å². The SMILES string of the molecule is COc1cc(COc2cc(F)c(N)cc2F)ccc1C#N. The highest BCUT2D eigenvalue weighted by molar-refractivity contribution is 5.46. The number of anilines is 1. The third-order valence-electron chi connectivity index (χ3n) is 2.83. The standard InChI is InChI=1S/C15H12F2N2O2/c1-20-14-4-9(2-3-10(14)7-18)8-21-15-6-11(16)13(19)5-12(15)17/h2-6H,8,19H2,1H3. The summed E-state index contributed by atoms with van der Waals surface area (Å²) in [7, 11) is 1.44. The summed E-state index contributed by atoms with van der Waals surface area (Å²) in [6.07, 6.45) is 0. The van der Waals surface area contributed by atoms with Crippen LogP contribution in [0, 0.1) is 23.0 Å². The number of benzene rings is 2. The minimum atomic E-state index is -0.746. The first-order valence-corrected chi connectivity index (χ1v) is 5.99. The van der Waals surface area contributed by atoms with Crippen LogP contribution < -0.4 is 15.2 Å². The molecule has 0 aliphatic carbocycles. The smallest absolute Gasteiger partial charge is 0.167 e. The van der Waals surface area contributed by atoms with Crippen LogP contribution in [-0.4, -0.2) is 7.11 Å². The Morgan fingerprint density at radius 2 is 1.90 bits per heavy atom. The second-order valence-electron chi connectivity index (χ2n) is 4.24. The highest BCUT2D eigenvalue weighted by atomic mass is 19.1. The van der Waals surface area contributed by atoms with Crippen molar-refractivity contribution in [2.24, 2.45) is 0 Å². The van der Waals surface area contributed by atoms with E-state index >= 15 is 0 Å². The molecule has 108 valence electrons. The van der Waals surface area contributed by atoms with E-state index in [9.17, 15) is 8.78 Å². The molecule has 0 saturated heterocycles. The van der Waals surface area contributed by atoms with Crippen molar-refractivity contribution in [2.45, 2.75) is 6.61 Å². The van der Waals surface area contributed by atoms with Gasteiger partial charge < -0.3 is 15.2 Å². The third kappa shape index (κ3) is 3.20. The summed E-state index contributed by atoms with van der Waals surface area (Å²) in [4.78, 5) is 0. The van der Waals surface area contributed by atoms with Crippen molar-refractivity contribution < 1.29 is 18.3 Å². The van der Waals surface area contributed by atoms with Crippen molar-refractivity contribution in [2.75, 3.05) is 12.8 Å². The average Bonchev–Trinajstić information content (AvgIpc) is 2.49. The van der Waals surface area contributed by atoms with E-state index in [2.05, 4.69) is 0 Å². The number of ether oxygens (including phenoxy) is 2. The van der Waals surface area contributed by atoms with Gasteiger partial charge in [0.05, 0.1) is 18.4 Å². The van der Waals surface area contributed by atoms with Crippen molar-refractivity contribution in [3.63, 3.8) is 0 Å². The van der Waals surface area contributed by atoms with Gasteiger partial charge in [0.2, 0.25) is 0 Å². The van der Waals surface area contributed by atoms with Gasteiger partial charge in [-0.3, -0.25) is 0 Å². The van der Waals surface area contributed by atoms with Crippen LogP contribution in [-0.2, 0) is 6.61 Å². The first-order valence-electron chi connectivity index (χ1n) is 5.99. The maximum atomic E-state index is 13.6. The Bertz CT molecular complexity index is 712. The van der Waals surface area contributed by atoms with Crippen molar-refractivity contribution in [1.82, 2.24) is 0 Å². The van der Waals surface area contributed by atoms with E-state index in [0.29, 0.717) is 16.9 Å². The number of methoxy groups -OCH3 is 1. The molecule has 0 fully saturated rings. The number of nitrogen functional groups attached to an aromatic ring is 1. The maximum Gasteiger partial charge on any atom is 0.167 e. The van der Waals surface area contributed by atoms with Crippen molar-refractivity contribution in [3.8, 4) is 17.6 Å². The average molecular weight is 290 g/mol. The topological polar surface area (TPSA) is 68.3 Å². The van der Waals surface area contributed by atoms with E-state index < -0.39 is 11.6 Å². The molecule has 0 spiro atoms. The summed E-state index contributed by atoms with van der Waals surface area (Å²) >= 11 is 0. The van der Waals surface area contributed by atoms with Gasteiger partial charge in [0.25, 0.3) is 0 Å². The lowest BCUT2D eigenvalue weighted by Crippen LogP contribution is -2.01. The zero-order valence-corrected chi connectivity index (χ0v) is 11.2. The summed E-state index contributed by atoms with van der Waals surface area (Å²) in [6, 6.07) is 8.55. The Kier molecular flexibility index (Phi) is 4.24. The highest BCUT2D eigenvalue weighted by Gasteiger charge is 2.10. The van der Waals surface area contributed by atoms with Crippen molar-refractivity contribution in [3.05, 3.63) is 53.1 Å². The number of hydrogen-bond acceptors (Lipinski definition) is 4. The molecule has 0 unspecified atom stereocenters. The van der Waals surface area contributed by atoms with Gasteiger partial charge in [-0.1, -0.05) is 6.07 Å². The summed E-state index contributed by atoms with van der Waals surface area (Å²) in [6.45, 7) is 0.00233. The molecule has 2 aromatic rings. The number of hydrogen-bond donors (Lipinski definition) is 1. The first-order chi connectivity index (χ1) is 10.0. The lowest BCUT2D eigenvalue weighted by molar-refractivity contribution is 0.288. The Morgan fingerprint density at radius 1 is 1.14 bits per heavy atom. The summed E-state index contributed by atoms with van der Waals surface area (Å²) in [5, 5.41) is 8.88. The highest BCUT2D eigenvalue weighted by Crippen LogP contribution is 2.25. The van der Waals surface area contributed by atoms with Gasteiger partial charge >= 0.3 is 0 Å². The zero-order valence-electron chi connectivity index (χ0n) is 11.2. The molecular formula is C15H12F2N2O2. The second-order valence-corrected chi connectivity index (χ2v) is 4.24. The van der Waals surface area contributed by atoms with Crippen LogP contribution in [0.2, 0.25) is 0 Å². The van der Waals surface area contributed by atoms with Gasteiger partial charge in [-0.15, -0.1) is 0 Å². The minimum absolute atomic E-state index is 0.00233. The summed E-state index contributed by atoms with van der Waals surface area (Å²) in [5.41, 5.74) is 6.01. The van der Waals surface area contributed by atoms with Gasteiger partial charge in [-0.05, 0) is 17.7 Å². The Hall–Kier alpha value is -2.81. The first kappa shape index (κ1) is 14.6. The molecule has 0 aliphatic rings. The molecule has 0 atom stereocenters. The molecular weight excluding hydrogens is 278 g/mol. The van der Waals surface area contributed by atoms with Gasteiger partial charge in [-0.2, -0.15) is 5.26 Å². The van der Waals surface area contributed by atoms with Gasteiger partial charge in [-0.25, -0.2) is 8.78 Å². The van der Waals surface area contributed by atoms with Crippen LogP contribution in [0.15, 0.2) is 30.3 Å². The third-order valence-corrected chi connectivity index (χ3v) is 2.83. The molecule has 0 heterocycles. The molecule has 0 saturated carbocycles. The number of halogens is 2. The quantitative estimate of drug-likeness (QED) is 0.879. The Labute approximate surface area is 120 Å². The number of nitrogens with two attached hydrogens (primary N) is 1. The molecule has 0 aliphatic heterocycles. The maximum absolute atomic E-state index is 13.6. The van der Waals surface area contributed by atoms with Crippen LogP contribution in [0.25, 0.3) is 0 Å². The van der Waals surface area contributed by atoms with Crippen molar-refractivity contribution in [1.29, 1.82) is 5.26 Å². The Balaban J connectivity index is 2.17. The predicted octanol–water partition coefficient (Wildman–Crippen LogP) is 3.01. The zero-order chi connectivity index (χ0) is 15.4. The van der Waals surface area contributed by atoms with E-state index in [-0.39, 0.29) is 18.0 Å². The van der Waals surface area contributed by atoms with Crippen LogP contribution in [0.3, 0.4) is 0 Å². The van der Waals surface area contributed by atoms with Gasteiger partial charge in [0, 0.05) is 12.1 Å². The number of nitriles is 1. The molecule has 4 nitrogen and oxygen atoms in total. The van der Waals surface area contributed by atoms with E-state index in [1.807, 2.05) is 6.07 Å². The number of rotatable bonds is 4. The molecule has 0 radical (unpaired) electrons. The molecule has 0 bridgehead atoms. The molecule has 2 N–H and O–H groups in total. The van der Waals surface area contributed by atoms with Crippen LogP contribution >= 0.6 is 0 Å². The number of nitrogens with zero attached hydrogens (tertiary/aromatic N) is 1. The van der Waals surface area contributed by atoms with E-state index in [1.54, 1.807) is 18.2 Å². The van der Waals surface area contributed by atoms with E-state index in [4.69, 9.17) is 20.5 Å². The summed E-state index contributed by atoms with van der Waals surface area (Å²) < 4.78 is 37.1. The van der Waals surface area contributed by atoms with E-state index in [1.165, 1.54) is 7.11 Å². The normalized spacial score (nSPS) is 10.0. The van der Waals surface area contributed by atoms with Crippen LogP contribution in [0.5, 0.6) is 11.5 Å². The molecule has 0 amide bonds. The lowest BCUT2D eigenvalue weighted by atomic mass is 10.1. The predicted molar refractivity (Wildman–Crippen MR) is 72.8 cm³/mol. The molecule has 6 heteroatoms. The van der Waals surface area contributed by atoms with Crippen LogP contribution in [0.1, 0.15) is 11.1 Å². The van der Waals surface area contributed by atoms with E-state index in [0.717, 1.165) is 12.1 Å². The minimum Gasteiger partial charge on any atom is -0.495 e. The largest absolute Gasteiger partial charge is 0.495 e. The van der Waals surface area contributed by atoms with Gasteiger partial charge in [0.15, 0.2) is 11.6 Å². The van der Waals surface area contributed by atoms with Crippen LogP contribution in [0.4, 0.5) is 14.5 Å². The second kappa shape index (κ2) is 6.09.